The first-order valence-electron chi connectivity index (χ1n) is 5.97. The lowest BCUT2D eigenvalue weighted by Crippen LogP contribution is -2.05. The molecule has 0 amide bonds. The fourth-order valence-corrected chi connectivity index (χ4v) is 1.92. The van der Waals surface area contributed by atoms with E-state index in [1.165, 1.54) is 5.56 Å². The highest BCUT2D eigenvalue weighted by molar-refractivity contribution is 6.10. The van der Waals surface area contributed by atoms with Gasteiger partial charge in [-0.15, -0.1) is 0 Å². The molecule has 0 heterocycles. The van der Waals surface area contributed by atoms with Crippen molar-refractivity contribution >= 4 is 11.5 Å². The van der Waals surface area contributed by atoms with Crippen LogP contribution in [0.4, 0.5) is 5.69 Å². The third-order valence-electron chi connectivity index (χ3n) is 3.28. The molecule has 0 unspecified atom stereocenters. The molecule has 0 atom stereocenters. The minimum Gasteiger partial charge on any atom is -0.399 e. The number of carbonyl (C=O) groups is 1. The van der Waals surface area contributed by atoms with E-state index in [0.717, 1.165) is 11.1 Å². The molecule has 0 aliphatic carbocycles. The number of carbonyl (C=O) groups excluding carboxylic acids is 1. The number of rotatable bonds is 2. The number of hydrogen-bond acceptors (Lipinski definition) is 2. The molecule has 92 valence electrons. The second-order valence-corrected chi connectivity index (χ2v) is 4.70. The Morgan fingerprint density at radius 3 is 2.22 bits per heavy atom. The zero-order valence-corrected chi connectivity index (χ0v) is 10.9. The van der Waals surface area contributed by atoms with E-state index in [1.807, 2.05) is 51.1 Å². The number of benzene rings is 2. The molecular formula is C16H17NO. The molecule has 0 radical (unpaired) electrons. The van der Waals surface area contributed by atoms with Crippen molar-refractivity contribution in [2.45, 2.75) is 20.8 Å². The molecule has 2 aromatic rings. The molecule has 2 rings (SSSR count). The highest BCUT2D eigenvalue weighted by Crippen LogP contribution is 2.19. The normalized spacial score (nSPS) is 10.4. The number of nitrogens with two attached hydrogens (primary N) is 1. The van der Waals surface area contributed by atoms with Crippen LogP contribution in [0.15, 0.2) is 36.4 Å². The van der Waals surface area contributed by atoms with Gasteiger partial charge in [-0.05, 0) is 55.7 Å². The molecule has 18 heavy (non-hydrogen) atoms. The van der Waals surface area contributed by atoms with Crippen molar-refractivity contribution in [3.8, 4) is 0 Å². The third-order valence-corrected chi connectivity index (χ3v) is 3.28. The van der Waals surface area contributed by atoms with Gasteiger partial charge in [-0.1, -0.05) is 18.2 Å². The Balaban J connectivity index is 2.47. The third kappa shape index (κ3) is 2.28. The van der Waals surface area contributed by atoms with E-state index in [2.05, 4.69) is 0 Å². The van der Waals surface area contributed by atoms with Crippen molar-refractivity contribution in [1.82, 2.24) is 0 Å². The SMILES string of the molecule is Cc1ccc(C(=O)c2cc(N)ccc2C)cc1C. The van der Waals surface area contributed by atoms with Gasteiger partial charge in [0, 0.05) is 16.8 Å². The topological polar surface area (TPSA) is 43.1 Å². The summed E-state index contributed by atoms with van der Waals surface area (Å²) in [5, 5.41) is 0. The molecule has 0 fully saturated rings. The Hall–Kier alpha value is -2.09. The van der Waals surface area contributed by atoms with E-state index in [9.17, 15) is 4.79 Å². The molecule has 0 aliphatic heterocycles. The monoisotopic (exact) mass is 239 g/mol. The first-order chi connectivity index (χ1) is 8.49. The van der Waals surface area contributed by atoms with Gasteiger partial charge in [-0.3, -0.25) is 4.79 Å². The summed E-state index contributed by atoms with van der Waals surface area (Å²) >= 11 is 0. The Morgan fingerprint density at radius 2 is 1.56 bits per heavy atom. The smallest absolute Gasteiger partial charge is 0.193 e. The molecule has 2 nitrogen and oxygen atoms in total. The molecule has 2 aromatic carbocycles. The van der Waals surface area contributed by atoms with Crippen LogP contribution in [0.2, 0.25) is 0 Å². The van der Waals surface area contributed by atoms with Crippen LogP contribution in [-0.2, 0) is 0 Å². The van der Waals surface area contributed by atoms with Crippen molar-refractivity contribution in [3.05, 3.63) is 64.2 Å². The minimum absolute atomic E-state index is 0.0305. The number of aryl methyl sites for hydroxylation is 3. The summed E-state index contributed by atoms with van der Waals surface area (Å²) in [5.74, 6) is 0.0305. The summed E-state index contributed by atoms with van der Waals surface area (Å²) in [4.78, 5) is 12.4. The van der Waals surface area contributed by atoms with Crippen LogP contribution in [0.1, 0.15) is 32.6 Å². The lowest BCUT2D eigenvalue weighted by atomic mass is 9.96. The van der Waals surface area contributed by atoms with Crippen molar-refractivity contribution in [2.75, 3.05) is 5.73 Å². The van der Waals surface area contributed by atoms with Gasteiger partial charge in [0.2, 0.25) is 0 Å². The van der Waals surface area contributed by atoms with Gasteiger partial charge < -0.3 is 5.73 Å². The van der Waals surface area contributed by atoms with E-state index in [0.29, 0.717) is 16.8 Å². The van der Waals surface area contributed by atoms with Gasteiger partial charge >= 0.3 is 0 Å². The Labute approximate surface area is 107 Å². The van der Waals surface area contributed by atoms with Gasteiger partial charge in [-0.25, -0.2) is 0 Å². The fraction of sp³-hybridized carbons (Fsp3) is 0.188. The van der Waals surface area contributed by atoms with Crippen LogP contribution >= 0.6 is 0 Å². The van der Waals surface area contributed by atoms with E-state index in [-0.39, 0.29) is 5.78 Å². The quantitative estimate of drug-likeness (QED) is 0.644. The number of nitrogen functional groups attached to an aromatic ring is 1. The average Bonchev–Trinajstić information content (AvgIpc) is 2.35. The van der Waals surface area contributed by atoms with Crippen molar-refractivity contribution in [1.29, 1.82) is 0 Å². The van der Waals surface area contributed by atoms with Crippen LogP contribution in [-0.4, -0.2) is 5.78 Å². The van der Waals surface area contributed by atoms with E-state index >= 15 is 0 Å². The maximum atomic E-state index is 12.4. The molecule has 0 spiro atoms. The van der Waals surface area contributed by atoms with Crippen molar-refractivity contribution in [3.63, 3.8) is 0 Å². The van der Waals surface area contributed by atoms with Crippen LogP contribution in [0.5, 0.6) is 0 Å². The zero-order chi connectivity index (χ0) is 13.3. The molecule has 0 aromatic heterocycles. The summed E-state index contributed by atoms with van der Waals surface area (Å²) in [5.41, 5.74) is 11.0. The predicted octanol–water partition coefficient (Wildman–Crippen LogP) is 3.43. The first kappa shape index (κ1) is 12.4. The summed E-state index contributed by atoms with van der Waals surface area (Å²) in [7, 11) is 0. The van der Waals surface area contributed by atoms with Crippen LogP contribution in [0, 0.1) is 20.8 Å². The molecular weight excluding hydrogens is 222 g/mol. The van der Waals surface area contributed by atoms with Gasteiger partial charge in [0.05, 0.1) is 0 Å². The highest BCUT2D eigenvalue weighted by atomic mass is 16.1. The lowest BCUT2D eigenvalue weighted by molar-refractivity contribution is 0.103. The van der Waals surface area contributed by atoms with Crippen molar-refractivity contribution in [2.24, 2.45) is 0 Å². The van der Waals surface area contributed by atoms with Gasteiger partial charge in [0.1, 0.15) is 0 Å². The van der Waals surface area contributed by atoms with E-state index < -0.39 is 0 Å². The predicted molar refractivity (Wildman–Crippen MR) is 74.9 cm³/mol. The standard InChI is InChI=1S/C16H17NO/c1-10-4-6-13(8-12(10)3)16(18)15-9-14(17)7-5-11(15)2/h4-9H,17H2,1-3H3. The molecule has 0 saturated carbocycles. The number of ketones is 1. The fourth-order valence-electron chi connectivity index (χ4n) is 1.92. The Kier molecular flexibility index (Phi) is 3.19. The molecule has 2 N–H and O–H groups in total. The largest absolute Gasteiger partial charge is 0.399 e. The van der Waals surface area contributed by atoms with E-state index in [4.69, 9.17) is 5.73 Å². The van der Waals surface area contributed by atoms with Crippen LogP contribution < -0.4 is 5.73 Å². The second kappa shape index (κ2) is 4.65. The molecule has 0 saturated heterocycles. The Morgan fingerprint density at radius 1 is 0.889 bits per heavy atom. The zero-order valence-electron chi connectivity index (χ0n) is 10.9. The summed E-state index contributed by atoms with van der Waals surface area (Å²) < 4.78 is 0. The van der Waals surface area contributed by atoms with E-state index in [1.54, 1.807) is 6.07 Å². The van der Waals surface area contributed by atoms with Crippen molar-refractivity contribution < 1.29 is 4.79 Å². The summed E-state index contributed by atoms with van der Waals surface area (Å²) in [6.07, 6.45) is 0. The Bertz CT molecular complexity index is 614. The van der Waals surface area contributed by atoms with Crippen LogP contribution in [0.25, 0.3) is 0 Å². The molecule has 0 bridgehead atoms. The molecule has 2 heteroatoms. The molecule has 0 aliphatic rings. The number of hydrogen-bond donors (Lipinski definition) is 1. The summed E-state index contributed by atoms with van der Waals surface area (Å²) in [6.45, 7) is 5.97. The maximum Gasteiger partial charge on any atom is 0.193 e. The first-order valence-corrected chi connectivity index (χ1v) is 5.97. The van der Waals surface area contributed by atoms with Gasteiger partial charge in [0.25, 0.3) is 0 Å². The van der Waals surface area contributed by atoms with Crippen LogP contribution in [0.3, 0.4) is 0 Å². The lowest BCUT2D eigenvalue weighted by Gasteiger charge is -2.08. The van der Waals surface area contributed by atoms with Gasteiger partial charge in [0.15, 0.2) is 5.78 Å². The maximum absolute atomic E-state index is 12.4. The summed E-state index contributed by atoms with van der Waals surface area (Å²) in [6, 6.07) is 11.2. The minimum atomic E-state index is 0.0305. The second-order valence-electron chi connectivity index (χ2n) is 4.70. The average molecular weight is 239 g/mol. The highest BCUT2D eigenvalue weighted by Gasteiger charge is 2.12. The van der Waals surface area contributed by atoms with Gasteiger partial charge in [-0.2, -0.15) is 0 Å². The number of anilines is 1.